The van der Waals surface area contributed by atoms with Crippen molar-refractivity contribution in [2.24, 2.45) is 0 Å². The summed E-state index contributed by atoms with van der Waals surface area (Å²) in [5, 5.41) is 3.53. The molecule has 100 valence electrons. The van der Waals surface area contributed by atoms with Gasteiger partial charge in [-0.05, 0) is 12.1 Å². The predicted octanol–water partition coefficient (Wildman–Crippen LogP) is 3.05. The summed E-state index contributed by atoms with van der Waals surface area (Å²) in [6.45, 7) is 2.16. The van der Waals surface area contributed by atoms with Crippen molar-refractivity contribution in [1.29, 1.82) is 0 Å². The lowest BCUT2D eigenvalue weighted by molar-refractivity contribution is 0.144. The van der Waals surface area contributed by atoms with E-state index in [4.69, 9.17) is 23.2 Å². The van der Waals surface area contributed by atoms with Gasteiger partial charge >= 0.3 is 0 Å². The van der Waals surface area contributed by atoms with Crippen LogP contribution in [0.4, 0.5) is 8.78 Å². The molecule has 1 aliphatic heterocycles. The van der Waals surface area contributed by atoms with Crippen LogP contribution in [0.5, 0.6) is 0 Å². The fraction of sp³-hybridized carbons (Fsp3) is 0.500. The topological polar surface area (TPSA) is 15.3 Å². The zero-order valence-electron chi connectivity index (χ0n) is 9.73. The standard InChI is InChI=1S/C12H14Cl2F2N2/c13-8-1-2-9(16)11(12(8)14)10(7-15)18-5-3-17-4-6-18/h1-2,10,17H,3-7H2/t10-/m1/s1. The molecule has 1 aliphatic rings. The van der Waals surface area contributed by atoms with Crippen molar-refractivity contribution < 1.29 is 8.78 Å². The van der Waals surface area contributed by atoms with Crippen molar-refractivity contribution in [3.63, 3.8) is 0 Å². The lowest BCUT2D eigenvalue weighted by atomic mass is 10.0. The monoisotopic (exact) mass is 294 g/mol. The molecule has 0 spiro atoms. The first kappa shape index (κ1) is 14.0. The molecule has 0 amide bonds. The molecule has 1 heterocycles. The molecule has 6 heteroatoms. The van der Waals surface area contributed by atoms with Gasteiger partial charge in [0.2, 0.25) is 0 Å². The Kier molecular flexibility index (Phi) is 4.78. The van der Waals surface area contributed by atoms with Crippen molar-refractivity contribution in [1.82, 2.24) is 10.2 Å². The third kappa shape index (κ3) is 2.77. The summed E-state index contributed by atoms with van der Waals surface area (Å²) in [5.41, 5.74) is 0.161. The molecule has 0 aromatic heterocycles. The molecule has 18 heavy (non-hydrogen) atoms. The molecule has 1 saturated heterocycles. The minimum Gasteiger partial charge on any atom is -0.314 e. The Balaban J connectivity index is 2.34. The second kappa shape index (κ2) is 6.15. The lowest BCUT2D eigenvalue weighted by Crippen LogP contribution is -2.46. The van der Waals surface area contributed by atoms with E-state index in [9.17, 15) is 8.78 Å². The zero-order chi connectivity index (χ0) is 13.1. The minimum absolute atomic E-state index is 0.109. The summed E-state index contributed by atoms with van der Waals surface area (Å²) in [6, 6.07) is 1.95. The van der Waals surface area contributed by atoms with Crippen LogP contribution in [0.25, 0.3) is 0 Å². The number of nitrogens with one attached hydrogen (secondary N) is 1. The number of benzene rings is 1. The Bertz CT molecular complexity index is 423. The second-order valence-electron chi connectivity index (χ2n) is 4.21. The van der Waals surface area contributed by atoms with Gasteiger partial charge in [-0.2, -0.15) is 0 Å². The maximum absolute atomic E-state index is 13.9. The van der Waals surface area contributed by atoms with Crippen molar-refractivity contribution >= 4 is 23.2 Å². The van der Waals surface area contributed by atoms with Crippen LogP contribution in [0.3, 0.4) is 0 Å². The first-order chi connectivity index (χ1) is 8.65. The summed E-state index contributed by atoms with van der Waals surface area (Å²) < 4.78 is 27.2. The highest BCUT2D eigenvalue weighted by atomic mass is 35.5. The Hall–Kier alpha value is -0.420. The van der Waals surface area contributed by atoms with Crippen LogP contribution in [0.2, 0.25) is 10.0 Å². The van der Waals surface area contributed by atoms with E-state index in [1.165, 1.54) is 12.1 Å². The minimum atomic E-state index is -0.684. The van der Waals surface area contributed by atoms with Crippen molar-refractivity contribution in [2.75, 3.05) is 32.9 Å². The van der Waals surface area contributed by atoms with Gasteiger partial charge in [0.25, 0.3) is 0 Å². The molecule has 1 aromatic rings. The van der Waals surface area contributed by atoms with Gasteiger partial charge in [-0.1, -0.05) is 23.2 Å². The Labute approximate surface area is 115 Å². The highest BCUT2D eigenvalue weighted by Gasteiger charge is 2.27. The maximum Gasteiger partial charge on any atom is 0.129 e. The van der Waals surface area contributed by atoms with E-state index in [2.05, 4.69) is 5.32 Å². The molecule has 1 atom stereocenters. The number of nitrogens with zero attached hydrogens (tertiary/aromatic N) is 1. The fourth-order valence-corrected chi connectivity index (χ4v) is 2.64. The van der Waals surface area contributed by atoms with Gasteiger partial charge in [-0.25, -0.2) is 8.78 Å². The molecule has 0 saturated carbocycles. The van der Waals surface area contributed by atoms with E-state index < -0.39 is 18.5 Å². The molecule has 2 rings (SSSR count). The van der Waals surface area contributed by atoms with Gasteiger partial charge in [0.05, 0.1) is 16.1 Å². The Morgan fingerprint density at radius 1 is 1.28 bits per heavy atom. The lowest BCUT2D eigenvalue weighted by Gasteiger charge is -2.34. The third-order valence-electron chi connectivity index (χ3n) is 3.15. The molecule has 0 radical (unpaired) electrons. The molecule has 1 fully saturated rings. The molecule has 2 nitrogen and oxygen atoms in total. The molecule has 1 N–H and O–H groups in total. The molecular weight excluding hydrogens is 281 g/mol. The normalized spacial score (nSPS) is 18.9. The van der Waals surface area contributed by atoms with Crippen molar-refractivity contribution in [2.45, 2.75) is 6.04 Å². The Morgan fingerprint density at radius 3 is 2.56 bits per heavy atom. The highest BCUT2D eigenvalue weighted by Crippen LogP contribution is 2.35. The van der Waals surface area contributed by atoms with Gasteiger partial charge in [0.15, 0.2) is 0 Å². The zero-order valence-corrected chi connectivity index (χ0v) is 11.2. The molecule has 1 aromatic carbocycles. The SMILES string of the molecule is FC[C@H](c1c(F)ccc(Cl)c1Cl)N1CCNCC1. The molecule has 0 aliphatic carbocycles. The van der Waals surface area contributed by atoms with Crippen LogP contribution in [0.15, 0.2) is 12.1 Å². The predicted molar refractivity (Wildman–Crippen MR) is 69.6 cm³/mol. The smallest absolute Gasteiger partial charge is 0.129 e. The number of hydrogen-bond donors (Lipinski definition) is 1. The summed E-state index contributed by atoms with van der Waals surface area (Å²) in [7, 11) is 0. The van der Waals surface area contributed by atoms with Gasteiger partial charge in [0, 0.05) is 31.7 Å². The van der Waals surface area contributed by atoms with E-state index in [1.54, 1.807) is 0 Å². The van der Waals surface area contributed by atoms with Gasteiger partial charge in [-0.15, -0.1) is 0 Å². The van der Waals surface area contributed by atoms with Gasteiger partial charge in [-0.3, -0.25) is 4.90 Å². The molecule has 0 unspecified atom stereocenters. The van der Waals surface area contributed by atoms with E-state index in [0.29, 0.717) is 13.1 Å². The summed E-state index contributed by atoms with van der Waals surface area (Å²) >= 11 is 11.9. The number of halogens is 4. The first-order valence-corrected chi connectivity index (χ1v) is 6.55. The van der Waals surface area contributed by atoms with Crippen molar-refractivity contribution in [3.8, 4) is 0 Å². The van der Waals surface area contributed by atoms with Gasteiger partial charge < -0.3 is 5.32 Å². The van der Waals surface area contributed by atoms with Crippen LogP contribution in [0.1, 0.15) is 11.6 Å². The maximum atomic E-state index is 13.9. The van der Waals surface area contributed by atoms with Gasteiger partial charge in [0.1, 0.15) is 12.5 Å². The number of piperazine rings is 1. The molecule has 0 bridgehead atoms. The summed E-state index contributed by atoms with van der Waals surface area (Å²) in [5.74, 6) is -0.509. The summed E-state index contributed by atoms with van der Waals surface area (Å²) in [4.78, 5) is 1.89. The second-order valence-corrected chi connectivity index (χ2v) is 5.00. The Morgan fingerprint density at radius 2 is 1.94 bits per heavy atom. The number of hydrogen-bond acceptors (Lipinski definition) is 2. The first-order valence-electron chi connectivity index (χ1n) is 5.79. The van der Waals surface area contributed by atoms with E-state index in [0.717, 1.165) is 13.1 Å². The quantitative estimate of drug-likeness (QED) is 0.862. The van der Waals surface area contributed by atoms with Crippen LogP contribution in [-0.2, 0) is 0 Å². The average Bonchev–Trinajstić information content (AvgIpc) is 2.40. The average molecular weight is 295 g/mol. The third-order valence-corrected chi connectivity index (χ3v) is 3.97. The highest BCUT2D eigenvalue weighted by molar-refractivity contribution is 6.42. The summed E-state index contributed by atoms with van der Waals surface area (Å²) in [6.07, 6.45) is 0. The van der Waals surface area contributed by atoms with Crippen LogP contribution in [0, 0.1) is 5.82 Å². The number of alkyl halides is 1. The van der Waals surface area contributed by atoms with Crippen LogP contribution in [-0.4, -0.2) is 37.8 Å². The largest absolute Gasteiger partial charge is 0.314 e. The molecular formula is C12H14Cl2F2N2. The van der Waals surface area contributed by atoms with Crippen LogP contribution >= 0.6 is 23.2 Å². The fourth-order valence-electron chi connectivity index (χ4n) is 2.20. The van der Waals surface area contributed by atoms with E-state index >= 15 is 0 Å². The number of rotatable bonds is 3. The van der Waals surface area contributed by atoms with E-state index in [-0.39, 0.29) is 15.6 Å². The van der Waals surface area contributed by atoms with Crippen LogP contribution < -0.4 is 5.32 Å². The van der Waals surface area contributed by atoms with E-state index in [1.807, 2.05) is 4.90 Å². The van der Waals surface area contributed by atoms with Crippen molar-refractivity contribution in [3.05, 3.63) is 33.6 Å².